The molecule has 11 nitrogen and oxygen atoms in total. The van der Waals surface area contributed by atoms with Crippen molar-refractivity contribution < 1.29 is 34.3 Å². The first-order chi connectivity index (χ1) is 27.2. The van der Waals surface area contributed by atoms with Crippen LogP contribution >= 0.6 is 21.6 Å². The lowest BCUT2D eigenvalue weighted by Crippen LogP contribution is -2.43. The molecule has 0 spiro atoms. The number of aliphatic imine (C=N–C) groups is 1. The van der Waals surface area contributed by atoms with Crippen molar-refractivity contribution in [3.8, 4) is 23.0 Å². The highest BCUT2D eigenvalue weighted by atomic mass is 33.1. The Kier molecular flexibility index (Phi) is 15.2. The lowest BCUT2D eigenvalue weighted by molar-refractivity contribution is -0.152. The molecule has 0 radical (unpaired) electrons. The third-order valence-electron chi connectivity index (χ3n) is 12.3. The van der Waals surface area contributed by atoms with Crippen LogP contribution in [0.5, 0.6) is 23.0 Å². The molecule has 3 saturated carbocycles. The molecule has 4 aliphatic rings. The highest BCUT2D eigenvalue weighted by Gasteiger charge is 2.47. The average Bonchev–Trinajstić information content (AvgIpc) is 3.78. The minimum atomic E-state index is -0.785. The van der Waals surface area contributed by atoms with Crippen LogP contribution in [0.4, 0.5) is 5.69 Å². The number of nitrogens with zero attached hydrogens (tertiary/aromatic N) is 1. The number of phenolic OH excluding ortho intramolecular Hbond substituents is 2. The molecule has 3 aliphatic carbocycles. The number of phenols is 2. The maximum Gasteiger partial charge on any atom is 0.196 e. The van der Waals surface area contributed by atoms with Crippen LogP contribution in [0, 0.1) is 17.3 Å². The third-order valence-corrected chi connectivity index (χ3v) is 14.5. The fraction of sp³-hybridized carbons (Fsp3) is 0.628. The molecule has 1 aliphatic heterocycles. The molecule has 6 rings (SSSR count). The van der Waals surface area contributed by atoms with Crippen molar-refractivity contribution >= 4 is 39.0 Å². The van der Waals surface area contributed by atoms with Gasteiger partial charge in [0.25, 0.3) is 0 Å². The summed E-state index contributed by atoms with van der Waals surface area (Å²) in [7, 11) is 8.60. The molecule has 0 saturated heterocycles. The van der Waals surface area contributed by atoms with E-state index in [9.17, 15) is 20.1 Å². The number of aryl methyl sites for hydroxylation is 1. The van der Waals surface area contributed by atoms with E-state index >= 15 is 0 Å². The largest absolute Gasteiger partial charge is 0.504 e. The fourth-order valence-corrected chi connectivity index (χ4v) is 11.6. The van der Waals surface area contributed by atoms with Gasteiger partial charge in [0, 0.05) is 31.2 Å². The van der Waals surface area contributed by atoms with Crippen LogP contribution in [0.25, 0.3) is 0 Å². The molecule has 56 heavy (non-hydrogen) atoms. The number of allylic oxidation sites excluding steroid dienone is 2. The number of guanidine groups is 1. The lowest BCUT2D eigenvalue weighted by Gasteiger charge is -2.33. The normalized spacial score (nSPS) is 27.9. The Balaban J connectivity index is 1.22. The number of fused-ring (bicyclic) bond motifs is 3. The van der Waals surface area contributed by atoms with Gasteiger partial charge in [-0.3, -0.25) is 9.79 Å². The summed E-state index contributed by atoms with van der Waals surface area (Å²) in [6.45, 7) is 0.595. The molecule has 1 heterocycles. The van der Waals surface area contributed by atoms with E-state index in [-0.39, 0.29) is 35.2 Å². The molecule has 308 valence electrons. The van der Waals surface area contributed by atoms with Crippen LogP contribution in [0.2, 0.25) is 0 Å². The number of hydrogen-bond acceptors (Lipinski definition) is 11. The number of benzene rings is 2. The number of methoxy groups -OCH3 is 1. The maximum atomic E-state index is 14.3. The van der Waals surface area contributed by atoms with Crippen molar-refractivity contribution in [3.63, 3.8) is 0 Å². The second kappa shape index (κ2) is 20.0. The zero-order valence-electron chi connectivity index (χ0n) is 33.3. The number of hydrogen-bond donors (Lipinski definition) is 6. The molecule has 6 N–H and O–H groups in total. The minimum Gasteiger partial charge on any atom is -0.504 e. The van der Waals surface area contributed by atoms with E-state index in [1.807, 2.05) is 37.4 Å². The van der Waals surface area contributed by atoms with Crippen molar-refractivity contribution in [3.05, 3.63) is 53.6 Å². The Morgan fingerprint density at radius 3 is 2.66 bits per heavy atom. The van der Waals surface area contributed by atoms with Crippen molar-refractivity contribution in [1.29, 1.82) is 0 Å². The van der Waals surface area contributed by atoms with Gasteiger partial charge in [-0.25, -0.2) is 0 Å². The van der Waals surface area contributed by atoms with Crippen molar-refractivity contribution in [1.82, 2.24) is 10.6 Å². The molecule has 0 aromatic heterocycles. The van der Waals surface area contributed by atoms with Gasteiger partial charge in [-0.15, -0.1) is 0 Å². The van der Waals surface area contributed by atoms with E-state index in [2.05, 4.69) is 20.9 Å². The Labute approximate surface area is 340 Å². The van der Waals surface area contributed by atoms with Crippen molar-refractivity contribution in [2.75, 3.05) is 44.7 Å². The first kappa shape index (κ1) is 42.5. The Hall–Kier alpha value is -3.10. The van der Waals surface area contributed by atoms with E-state index in [1.165, 1.54) is 6.42 Å². The van der Waals surface area contributed by atoms with E-state index in [0.29, 0.717) is 61.3 Å². The zero-order chi connectivity index (χ0) is 39.5. The summed E-state index contributed by atoms with van der Waals surface area (Å²) < 4.78 is 18.3. The molecule has 2 bridgehead atoms. The standard InChI is InChI=1S/C43H62N4O7S2/c1-44-27-42(19-17-31(24-42)23-39(50)53-33-12-5-4-6-13-33)54-37-21-29-10-7-8-14-38(49)43(25-30-15-16-35(48)36(22-30)52-3)18-9-11-32(43)26-55-56-28-46-41(45-2)47-34(20-29)40(37)51/h8,14-16,20-22,31-33,39,44,48,50-51H,4-7,9-13,17-19,23-28H2,1-3H3,(H2,45,46,47)/t31-,32+,39+,42+,43+/m0/s1. The van der Waals surface area contributed by atoms with Gasteiger partial charge in [0.1, 0.15) is 5.60 Å². The predicted molar refractivity (Wildman–Crippen MR) is 227 cm³/mol. The Bertz CT molecular complexity index is 1690. The summed E-state index contributed by atoms with van der Waals surface area (Å²) >= 11 is 0. The minimum absolute atomic E-state index is 0.0163. The number of aliphatic hydroxyl groups is 1. The molecule has 0 amide bonds. The van der Waals surface area contributed by atoms with Crippen molar-refractivity contribution in [2.24, 2.45) is 22.2 Å². The highest BCUT2D eigenvalue weighted by Crippen LogP contribution is 2.50. The number of ether oxygens (including phenoxy) is 3. The van der Waals surface area contributed by atoms with Crippen LogP contribution in [0.1, 0.15) is 94.6 Å². The van der Waals surface area contributed by atoms with Gasteiger partial charge in [0.15, 0.2) is 41.0 Å². The van der Waals surface area contributed by atoms with Crippen LogP contribution < -0.4 is 25.4 Å². The van der Waals surface area contributed by atoms with Gasteiger partial charge in [0.05, 0.1) is 24.8 Å². The summed E-state index contributed by atoms with van der Waals surface area (Å²) in [5, 5.41) is 42.9. The monoisotopic (exact) mass is 810 g/mol. The van der Waals surface area contributed by atoms with E-state index < -0.39 is 17.3 Å². The third kappa shape index (κ3) is 10.7. The lowest BCUT2D eigenvalue weighted by atomic mass is 9.70. The van der Waals surface area contributed by atoms with Gasteiger partial charge < -0.3 is 45.5 Å². The number of nitrogens with one attached hydrogen (secondary N) is 3. The number of carbonyl (C=O) groups is 1. The molecular weight excluding hydrogens is 749 g/mol. The van der Waals surface area contributed by atoms with Crippen LogP contribution in [0.15, 0.2) is 47.5 Å². The topological polar surface area (TPSA) is 154 Å². The molecule has 2 aromatic carbocycles. The molecule has 5 atom stereocenters. The summed E-state index contributed by atoms with van der Waals surface area (Å²) in [6, 6.07) is 9.26. The molecule has 3 fully saturated rings. The number of carbonyl (C=O) groups excluding carboxylic acids is 1. The Morgan fingerprint density at radius 1 is 1.04 bits per heavy atom. The molecule has 0 unspecified atom stereocenters. The molecule has 2 aromatic rings. The zero-order valence-corrected chi connectivity index (χ0v) is 35.0. The van der Waals surface area contributed by atoms with E-state index in [4.69, 9.17) is 14.2 Å². The van der Waals surface area contributed by atoms with E-state index in [1.54, 1.807) is 47.9 Å². The van der Waals surface area contributed by atoms with Crippen LogP contribution in [-0.2, 0) is 22.4 Å². The summed E-state index contributed by atoms with van der Waals surface area (Å²) in [5.41, 5.74) is 1.32. The van der Waals surface area contributed by atoms with Gasteiger partial charge in [-0.2, -0.15) is 0 Å². The SMILES string of the molecule is CN=C1NCSSC[C@H]2CCC[C@]2(Cc2ccc(O)c(OC)c2)C(=O)C=CCCc2cc(c(O)c(O[C@]3(CNC)CC[C@@H](C[C@H](O)OC4CCCCC4)C3)c2)N1. The molecule has 13 heteroatoms. The Morgan fingerprint density at radius 2 is 1.88 bits per heavy atom. The number of aromatic hydroxyl groups is 2. The maximum absolute atomic E-state index is 14.3. The number of aliphatic hydroxyl groups excluding tert-OH is 1. The smallest absolute Gasteiger partial charge is 0.196 e. The number of rotatable bonds is 11. The van der Waals surface area contributed by atoms with E-state index in [0.717, 1.165) is 81.1 Å². The first-order valence-electron chi connectivity index (χ1n) is 20.5. The average molecular weight is 811 g/mol. The summed E-state index contributed by atoms with van der Waals surface area (Å²) in [5.74, 6) is 3.43. The van der Waals surface area contributed by atoms with Crippen molar-refractivity contribution in [2.45, 2.75) is 114 Å². The van der Waals surface area contributed by atoms with Gasteiger partial charge in [-0.05, 0) is 125 Å². The second-order valence-electron chi connectivity index (χ2n) is 16.2. The quantitative estimate of drug-likeness (QED) is 0.0748. The predicted octanol–water partition coefficient (Wildman–Crippen LogP) is 7.73. The number of anilines is 1. The number of likely N-dealkylation sites (N-methyl/N-ethyl adjacent to an activating group) is 1. The van der Waals surface area contributed by atoms with Gasteiger partial charge in [-0.1, -0.05) is 59.4 Å². The summed E-state index contributed by atoms with van der Waals surface area (Å²) in [4.78, 5) is 18.8. The first-order valence-corrected chi connectivity index (χ1v) is 23.0. The van der Waals surface area contributed by atoms with Crippen LogP contribution in [-0.4, -0.2) is 84.4 Å². The molecular formula is C43H62N4O7S2. The van der Waals surface area contributed by atoms with Crippen LogP contribution in [0.3, 0.4) is 0 Å². The fourth-order valence-electron chi connectivity index (χ4n) is 9.40. The highest BCUT2D eigenvalue weighted by molar-refractivity contribution is 8.76. The number of ketones is 1. The second-order valence-corrected chi connectivity index (χ2v) is 18.7. The van der Waals surface area contributed by atoms with Gasteiger partial charge >= 0.3 is 0 Å². The summed E-state index contributed by atoms with van der Waals surface area (Å²) in [6.07, 6.45) is 16.3. The van der Waals surface area contributed by atoms with Gasteiger partial charge in [0.2, 0.25) is 0 Å².